The number of hydrogen-bond donors (Lipinski definition) is 1. The van der Waals surface area contributed by atoms with Crippen LogP contribution in [0.25, 0.3) is 0 Å². The fraction of sp³-hybridized carbons (Fsp3) is 0.833. The van der Waals surface area contributed by atoms with Gasteiger partial charge in [-0.25, -0.2) is 0 Å². The van der Waals surface area contributed by atoms with Gasteiger partial charge >= 0.3 is 0 Å². The molecule has 5 nitrogen and oxygen atoms in total. The first-order valence-electron chi connectivity index (χ1n) is 6.48. The van der Waals surface area contributed by atoms with E-state index in [-0.39, 0.29) is 11.8 Å². The smallest absolute Gasteiger partial charge is 0.238 e. The minimum absolute atomic E-state index is 0.0219. The van der Waals surface area contributed by atoms with Gasteiger partial charge in [0.1, 0.15) is 0 Å². The van der Waals surface area contributed by atoms with Crippen molar-refractivity contribution in [2.45, 2.75) is 51.9 Å². The molecule has 0 radical (unpaired) electrons. The number of unbranched alkanes of at least 4 members (excludes halogenated alkanes) is 1. The summed E-state index contributed by atoms with van der Waals surface area (Å²) in [6.07, 6.45) is 6.01. The van der Waals surface area contributed by atoms with Crippen LogP contribution in [0.1, 0.15) is 51.9 Å². The van der Waals surface area contributed by atoms with E-state index in [1.807, 2.05) is 0 Å². The van der Waals surface area contributed by atoms with Crippen molar-refractivity contribution in [3.63, 3.8) is 0 Å². The summed E-state index contributed by atoms with van der Waals surface area (Å²) in [4.78, 5) is 23.3. The summed E-state index contributed by atoms with van der Waals surface area (Å²) in [7, 11) is 1.73. The molecule has 0 aromatic rings. The Morgan fingerprint density at radius 3 is 2.88 bits per heavy atom. The van der Waals surface area contributed by atoms with Crippen LogP contribution in [0.5, 0.6) is 0 Å². The van der Waals surface area contributed by atoms with E-state index in [0.717, 1.165) is 32.1 Å². The van der Waals surface area contributed by atoms with Crippen LogP contribution in [0.2, 0.25) is 0 Å². The third-order valence-corrected chi connectivity index (χ3v) is 2.95. The van der Waals surface area contributed by atoms with Crippen molar-refractivity contribution >= 4 is 11.8 Å². The molecule has 0 unspecified atom stereocenters. The lowest BCUT2D eigenvalue weighted by molar-refractivity contribution is -0.155. The number of rotatable bonds is 5. The van der Waals surface area contributed by atoms with Gasteiger partial charge in [0, 0.05) is 26.4 Å². The third kappa shape index (κ3) is 4.73. The van der Waals surface area contributed by atoms with Gasteiger partial charge in [-0.2, -0.15) is 0 Å². The highest BCUT2D eigenvalue weighted by molar-refractivity contribution is 5.77. The van der Waals surface area contributed by atoms with Gasteiger partial charge in [0.15, 0.2) is 0 Å². The summed E-state index contributed by atoms with van der Waals surface area (Å²) in [5.74, 6) is 0.0761. The molecule has 1 fully saturated rings. The van der Waals surface area contributed by atoms with Gasteiger partial charge in [0.05, 0.1) is 0 Å². The molecule has 1 saturated heterocycles. The maximum Gasteiger partial charge on any atom is 0.238 e. The molecule has 1 rings (SSSR count). The topological polar surface area (TPSA) is 52.7 Å². The number of hydrogen-bond acceptors (Lipinski definition) is 3. The van der Waals surface area contributed by atoms with E-state index in [0.29, 0.717) is 19.4 Å². The van der Waals surface area contributed by atoms with Crippen molar-refractivity contribution in [1.29, 1.82) is 0 Å². The molecule has 1 aliphatic rings. The number of carbonyl (C=O) groups excluding carboxylic acids is 2. The van der Waals surface area contributed by atoms with Crippen molar-refractivity contribution in [3.05, 3.63) is 0 Å². The van der Waals surface area contributed by atoms with Gasteiger partial charge in [0.2, 0.25) is 11.8 Å². The van der Waals surface area contributed by atoms with Gasteiger partial charge < -0.3 is 0 Å². The monoisotopic (exact) mass is 241 g/mol. The normalized spacial score (nSPS) is 17.1. The summed E-state index contributed by atoms with van der Waals surface area (Å²) in [5.41, 5.74) is 2.74. The van der Waals surface area contributed by atoms with Crippen LogP contribution in [0, 0.1) is 0 Å². The third-order valence-electron chi connectivity index (χ3n) is 2.95. The molecule has 0 saturated carbocycles. The van der Waals surface area contributed by atoms with E-state index in [1.54, 1.807) is 17.2 Å². The molecule has 0 spiro atoms. The fourth-order valence-corrected chi connectivity index (χ4v) is 1.92. The van der Waals surface area contributed by atoms with Crippen LogP contribution in [0.3, 0.4) is 0 Å². The Morgan fingerprint density at radius 2 is 2.18 bits per heavy atom. The average molecular weight is 241 g/mol. The molecule has 2 amide bonds. The molecule has 98 valence electrons. The Bertz CT molecular complexity index is 268. The lowest BCUT2D eigenvalue weighted by Gasteiger charge is -2.30. The Hall–Kier alpha value is -1.10. The lowest BCUT2D eigenvalue weighted by Crippen LogP contribution is -2.53. The van der Waals surface area contributed by atoms with Crippen molar-refractivity contribution in [3.8, 4) is 0 Å². The Balaban J connectivity index is 2.41. The minimum atomic E-state index is -0.0219. The molecule has 17 heavy (non-hydrogen) atoms. The zero-order valence-corrected chi connectivity index (χ0v) is 10.9. The summed E-state index contributed by atoms with van der Waals surface area (Å²) < 4.78 is 0. The number of carbonyl (C=O) groups is 2. The van der Waals surface area contributed by atoms with Crippen LogP contribution in [0.4, 0.5) is 0 Å². The van der Waals surface area contributed by atoms with Crippen LogP contribution < -0.4 is 5.43 Å². The predicted octanol–water partition coefficient (Wildman–Crippen LogP) is 1.46. The van der Waals surface area contributed by atoms with E-state index < -0.39 is 0 Å². The molecule has 1 aliphatic heterocycles. The molecule has 0 aromatic heterocycles. The highest BCUT2D eigenvalue weighted by Gasteiger charge is 2.21. The average Bonchev–Trinajstić information content (AvgIpc) is 2.51. The van der Waals surface area contributed by atoms with E-state index >= 15 is 0 Å². The van der Waals surface area contributed by atoms with Gasteiger partial charge in [0.25, 0.3) is 0 Å². The van der Waals surface area contributed by atoms with Crippen LogP contribution >= 0.6 is 0 Å². The maximum absolute atomic E-state index is 11.8. The highest BCUT2D eigenvalue weighted by atomic mass is 16.2. The summed E-state index contributed by atoms with van der Waals surface area (Å²) in [6, 6.07) is 0. The summed E-state index contributed by atoms with van der Waals surface area (Å²) in [5, 5.41) is 3.18. The first-order chi connectivity index (χ1) is 8.15. The highest BCUT2D eigenvalue weighted by Crippen LogP contribution is 2.11. The predicted molar refractivity (Wildman–Crippen MR) is 65.6 cm³/mol. The molecule has 5 heteroatoms. The minimum Gasteiger partial charge on any atom is -0.274 e. The molecular formula is C12H23N3O2. The Morgan fingerprint density at radius 1 is 1.41 bits per heavy atom. The number of nitrogens with zero attached hydrogens (tertiary/aromatic N) is 2. The standard InChI is InChI=1S/C12H23N3O2/c1-3-4-8-11(16)13-14(2)15-10-7-5-6-9-12(15)17/h3-10H2,1-2H3,(H,13,16). The van der Waals surface area contributed by atoms with Crippen molar-refractivity contribution in [1.82, 2.24) is 15.6 Å². The molecule has 0 aromatic carbocycles. The number of nitrogens with one attached hydrogen (secondary N) is 1. The zero-order chi connectivity index (χ0) is 12.7. The lowest BCUT2D eigenvalue weighted by atomic mass is 10.2. The van der Waals surface area contributed by atoms with Crippen molar-refractivity contribution < 1.29 is 9.59 Å². The van der Waals surface area contributed by atoms with E-state index in [9.17, 15) is 9.59 Å². The van der Waals surface area contributed by atoms with E-state index in [1.165, 1.54) is 0 Å². The molecule has 1 N–H and O–H groups in total. The molecule has 0 atom stereocenters. The molecule has 1 heterocycles. The van der Waals surface area contributed by atoms with E-state index in [2.05, 4.69) is 12.3 Å². The van der Waals surface area contributed by atoms with Gasteiger partial charge in [-0.15, -0.1) is 5.12 Å². The zero-order valence-electron chi connectivity index (χ0n) is 10.9. The Kier molecular flexibility index (Phi) is 5.97. The largest absolute Gasteiger partial charge is 0.274 e. The van der Waals surface area contributed by atoms with Crippen LogP contribution in [0.15, 0.2) is 0 Å². The second-order valence-corrected chi connectivity index (χ2v) is 4.49. The van der Waals surface area contributed by atoms with Gasteiger partial charge in [-0.05, 0) is 19.3 Å². The van der Waals surface area contributed by atoms with Gasteiger partial charge in [-0.3, -0.25) is 20.0 Å². The van der Waals surface area contributed by atoms with Crippen molar-refractivity contribution in [2.24, 2.45) is 0 Å². The van der Waals surface area contributed by atoms with Crippen molar-refractivity contribution in [2.75, 3.05) is 13.6 Å². The first-order valence-corrected chi connectivity index (χ1v) is 6.48. The van der Waals surface area contributed by atoms with Crippen LogP contribution in [-0.2, 0) is 9.59 Å². The number of hydrazine groups is 2. The molecule has 0 aliphatic carbocycles. The maximum atomic E-state index is 11.8. The first kappa shape index (κ1) is 14.0. The van der Waals surface area contributed by atoms with Crippen LogP contribution in [-0.4, -0.2) is 35.5 Å². The fourth-order valence-electron chi connectivity index (χ4n) is 1.92. The summed E-state index contributed by atoms with van der Waals surface area (Å²) >= 11 is 0. The molecule has 0 bridgehead atoms. The summed E-state index contributed by atoms with van der Waals surface area (Å²) in [6.45, 7) is 2.75. The van der Waals surface area contributed by atoms with Gasteiger partial charge in [-0.1, -0.05) is 19.8 Å². The van der Waals surface area contributed by atoms with E-state index in [4.69, 9.17) is 0 Å². The number of amides is 2. The second-order valence-electron chi connectivity index (χ2n) is 4.49. The second kappa shape index (κ2) is 7.27. The Labute approximate surface area is 103 Å². The SMILES string of the molecule is CCCCC(=O)NN(C)N1CCCCCC1=O. The quantitative estimate of drug-likeness (QED) is 0.741. The molecular weight excluding hydrogens is 218 g/mol.